The predicted molar refractivity (Wildman–Crippen MR) is 122 cm³/mol. The number of guanidine groups is 1. The molecule has 0 aliphatic heterocycles. The number of hydrogen-bond acceptors (Lipinski definition) is 5. The average molecular weight is 444 g/mol. The van der Waals surface area contributed by atoms with Crippen molar-refractivity contribution in [3.05, 3.63) is 69.8 Å². The molecule has 0 atom stereocenters. The molecule has 2 aromatic carbocycles. The summed E-state index contributed by atoms with van der Waals surface area (Å²) in [5.74, 6) is 0.141. The average Bonchev–Trinajstić information content (AvgIpc) is 2.65. The van der Waals surface area contributed by atoms with Crippen molar-refractivity contribution in [3.8, 4) is 5.75 Å². The summed E-state index contributed by atoms with van der Waals surface area (Å²) in [6.07, 6.45) is -0.593. The van der Waals surface area contributed by atoms with E-state index in [1.165, 1.54) is 0 Å². The first-order valence-corrected chi connectivity index (χ1v) is 9.93. The number of anilines is 1. The van der Waals surface area contributed by atoms with E-state index in [1.807, 2.05) is 30.3 Å². The molecule has 0 radical (unpaired) electrons. The van der Waals surface area contributed by atoms with E-state index in [0.29, 0.717) is 23.6 Å². The van der Waals surface area contributed by atoms with Crippen LogP contribution in [0.5, 0.6) is 5.75 Å². The van der Waals surface area contributed by atoms with Crippen LogP contribution in [0.25, 0.3) is 0 Å². The van der Waals surface area contributed by atoms with Gasteiger partial charge in [-0.15, -0.1) is 0 Å². The molecule has 2 rings (SSSR count). The zero-order chi connectivity index (χ0) is 23.9. The van der Waals surface area contributed by atoms with Gasteiger partial charge in [-0.1, -0.05) is 30.3 Å². The molecule has 0 unspecified atom stereocenters. The fourth-order valence-corrected chi connectivity index (χ4v) is 2.84. The Morgan fingerprint density at radius 1 is 1.12 bits per heavy atom. The first kappa shape index (κ1) is 24.4. The Hall–Kier alpha value is -3.82. The highest BCUT2D eigenvalue weighted by Crippen LogP contribution is 2.33. The Kier molecular flexibility index (Phi) is 7.63. The number of nitrogens with one attached hydrogen (secondary N) is 2. The molecule has 10 heteroatoms. The minimum Gasteiger partial charge on any atom is -0.489 e. The van der Waals surface area contributed by atoms with Crippen LogP contribution in [0.15, 0.2) is 53.6 Å². The molecule has 0 heterocycles. The molecule has 32 heavy (non-hydrogen) atoms. The monoisotopic (exact) mass is 443 g/mol. The van der Waals surface area contributed by atoms with Crippen molar-refractivity contribution in [1.82, 2.24) is 5.32 Å². The van der Waals surface area contributed by atoms with Crippen molar-refractivity contribution in [2.45, 2.75) is 52.4 Å². The van der Waals surface area contributed by atoms with Crippen LogP contribution in [0.2, 0.25) is 0 Å². The Balaban J connectivity index is 2.35. The van der Waals surface area contributed by atoms with Crippen LogP contribution in [-0.4, -0.2) is 22.7 Å². The molecule has 2 aromatic rings. The van der Waals surface area contributed by atoms with E-state index >= 15 is 0 Å². The minimum absolute atomic E-state index is 0.314. The summed E-state index contributed by atoms with van der Waals surface area (Å²) in [5, 5.41) is 18.2. The van der Waals surface area contributed by atoms with E-state index in [1.54, 1.807) is 52.8 Å². The molecule has 172 valence electrons. The number of nitrogens with two attached hydrogens (primary N) is 1. The summed E-state index contributed by atoms with van der Waals surface area (Å²) in [4.78, 5) is 23.0. The molecule has 0 aliphatic carbocycles. The predicted octanol–water partition coefficient (Wildman–Crippen LogP) is 3.94. The van der Waals surface area contributed by atoms with Gasteiger partial charge in [0, 0.05) is 11.3 Å². The molecular formula is C22H29N5O5. The fourth-order valence-electron chi connectivity index (χ4n) is 2.84. The van der Waals surface area contributed by atoms with Gasteiger partial charge < -0.3 is 25.8 Å². The van der Waals surface area contributed by atoms with Gasteiger partial charge in [-0.3, -0.25) is 0 Å². The highest BCUT2D eigenvalue weighted by atomic mass is 16.7. The van der Waals surface area contributed by atoms with Crippen LogP contribution in [0.1, 0.15) is 45.7 Å². The number of ether oxygens (including phenoxy) is 2. The number of hydrogen-bond donors (Lipinski definition) is 3. The normalized spacial score (nSPS) is 12.1. The first-order valence-electron chi connectivity index (χ1n) is 9.93. The van der Waals surface area contributed by atoms with Gasteiger partial charge in [0.05, 0.1) is 5.54 Å². The van der Waals surface area contributed by atoms with Crippen molar-refractivity contribution in [3.63, 3.8) is 0 Å². The van der Waals surface area contributed by atoms with Gasteiger partial charge in [-0.05, 0) is 58.4 Å². The number of amides is 1. The number of hydrazone groups is 1. The second kappa shape index (κ2) is 9.99. The van der Waals surface area contributed by atoms with E-state index < -0.39 is 22.3 Å². The lowest BCUT2D eigenvalue weighted by Gasteiger charge is -2.31. The molecule has 0 aliphatic rings. The second-order valence-electron chi connectivity index (χ2n) is 8.59. The maximum atomic E-state index is 12.4. The van der Waals surface area contributed by atoms with Crippen molar-refractivity contribution in [2.75, 3.05) is 5.32 Å². The number of carbonyl (C=O) groups excluding carboxylic acids is 1. The van der Waals surface area contributed by atoms with E-state index in [4.69, 9.17) is 15.2 Å². The molecule has 0 bridgehead atoms. The summed E-state index contributed by atoms with van der Waals surface area (Å²) in [6, 6.07) is 14.6. The lowest BCUT2D eigenvalue weighted by molar-refractivity contribution is -0.485. The molecule has 1 amide bonds. The van der Waals surface area contributed by atoms with Crippen molar-refractivity contribution >= 4 is 17.7 Å². The van der Waals surface area contributed by atoms with Crippen molar-refractivity contribution in [2.24, 2.45) is 10.8 Å². The third-order valence-electron chi connectivity index (χ3n) is 4.17. The largest absolute Gasteiger partial charge is 0.489 e. The zero-order valence-electron chi connectivity index (χ0n) is 18.8. The Morgan fingerprint density at radius 2 is 1.78 bits per heavy atom. The number of benzene rings is 2. The van der Waals surface area contributed by atoms with Crippen LogP contribution < -0.4 is 21.1 Å². The maximum absolute atomic E-state index is 12.4. The Morgan fingerprint density at radius 3 is 2.38 bits per heavy atom. The van der Waals surface area contributed by atoms with Gasteiger partial charge in [-0.2, -0.15) is 0 Å². The summed E-state index contributed by atoms with van der Waals surface area (Å²) >= 11 is 0. The molecule has 0 saturated heterocycles. The third kappa shape index (κ3) is 7.78. The summed E-state index contributed by atoms with van der Waals surface area (Å²) < 4.78 is 11.4. The lowest BCUT2D eigenvalue weighted by Crippen LogP contribution is -2.44. The maximum Gasteiger partial charge on any atom is 0.408 e. The fraction of sp³-hybridized carbons (Fsp3) is 0.364. The summed E-state index contributed by atoms with van der Waals surface area (Å²) in [6.45, 7) is 9.22. The van der Waals surface area contributed by atoms with Gasteiger partial charge in [0.25, 0.3) is 5.96 Å². The summed E-state index contributed by atoms with van der Waals surface area (Å²) in [7, 11) is 0. The van der Waals surface area contributed by atoms with Gasteiger partial charge in [0.1, 0.15) is 23.1 Å². The summed E-state index contributed by atoms with van der Waals surface area (Å²) in [5.41, 5.74) is 6.01. The van der Waals surface area contributed by atoms with Gasteiger partial charge in [0.15, 0.2) is 5.03 Å². The van der Waals surface area contributed by atoms with Gasteiger partial charge in [-0.25, -0.2) is 14.9 Å². The SMILES string of the molecule is CC(C)(C)OC(=O)NC(C)(C)c1cc(NC(N)=N[N+](=O)[O-])ccc1OCc1ccccc1. The lowest BCUT2D eigenvalue weighted by atomic mass is 9.93. The number of alkyl carbamates (subject to hydrolysis) is 1. The molecule has 0 aromatic heterocycles. The number of carbonyl (C=O) groups is 1. The second-order valence-corrected chi connectivity index (χ2v) is 8.59. The van der Waals surface area contributed by atoms with E-state index in [9.17, 15) is 14.9 Å². The number of nitro groups is 1. The molecule has 0 fully saturated rings. The third-order valence-corrected chi connectivity index (χ3v) is 4.17. The van der Waals surface area contributed by atoms with E-state index in [0.717, 1.165) is 5.56 Å². The quantitative estimate of drug-likeness (QED) is 0.255. The highest BCUT2D eigenvalue weighted by Gasteiger charge is 2.29. The standard InChI is InChI=1S/C22H29N5O5/c1-21(2,3)32-20(28)25-22(4,5)17-13-16(24-19(23)26-27(29)30)11-12-18(17)31-14-15-9-7-6-8-10-15/h6-13H,14H2,1-5H3,(H,25,28)(H3,23,24,26). The number of rotatable bonds is 7. The van der Waals surface area contributed by atoms with Crippen LogP contribution in [0, 0.1) is 10.1 Å². The van der Waals surface area contributed by atoms with Crippen LogP contribution in [0.4, 0.5) is 10.5 Å². The first-order chi connectivity index (χ1) is 14.9. The van der Waals surface area contributed by atoms with Crippen molar-refractivity contribution in [1.29, 1.82) is 0 Å². The van der Waals surface area contributed by atoms with Gasteiger partial charge >= 0.3 is 6.09 Å². The molecule has 10 nitrogen and oxygen atoms in total. The molecule has 0 saturated carbocycles. The Labute approximate surface area is 186 Å². The minimum atomic E-state index is -0.916. The van der Waals surface area contributed by atoms with Gasteiger partial charge in [0.2, 0.25) is 0 Å². The van der Waals surface area contributed by atoms with E-state index in [2.05, 4.69) is 15.7 Å². The Bertz CT molecular complexity index is 984. The van der Waals surface area contributed by atoms with Crippen LogP contribution in [0.3, 0.4) is 0 Å². The zero-order valence-corrected chi connectivity index (χ0v) is 18.8. The topological polar surface area (TPSA) is 141 Å². The molecular weight excluding hydrogens is 414 g/mol. The van der Waals surface area contributed by atoms with Crippen LogP contribution >= 0.6 is 0 Å². The molecule has 0 spiro atoms. The number of nitrogens with zero attached hydrogens (tertiary/aromatic N) is 2. The van der Waals surface area contributed by atoms with Crippen LogP contribution in [-0.2, 0) is 16.9 Å². The molecule has 4 N–H and O–H groups in total. The van der Waals surface area contributed by atoms with Crippen molar-refractivity contribution < 1.29 is 19.3 Å². The smallest absolute Gasteiger partial charge is 0.408 e. The highest BCUT2D eigenvalue weighted by molar-refractivity contribution is 5.92. The van der Waals surface area contributed by atoms with E-state index in [-0.39, 0.29) is 5.96 Å².